The van der Waals surface area contributed by atoms with E-state index in [4.69, 9.17) is 0 Å². The summed E-state index contributed by atoms with van der Waals surface area (Å²) in [6.45, 7) is 2.14. The van der Waals surface area contributed by atoms with Crippen molar-refractivity contribution in [2.75, 3.05) is 0 Å². The van der Waals surface area contributed by atoms with Crippen molar-refractivity contribution in [2.45, 2.75) is 45.1 Å². The third-order valence-electron chi connectivity index (χ3n) is 2.61. The highest BCUT2D eigenvalue weighted by atomic mass is 79.9. The molecule has 90 valence electrons. The minimum atomic E-state index is -0.326. The highest BCUT2D eigenvalue weighted by Crippen LogP contribution is 2.20. The van der Waals surface area contributed by atoms with Crippen LogP contribution in [0.2, 0.25) is 0 Å². The van der Waals surface area contributed by atoms with E-state index in [1.165, 1.54) is 12.1 Å². The van der Waals surface area contributed by atoms with Gasteiger partial charge in [0.1, 0.15) is 5.82 Å². The SMILES string of the molecule is CCCCCC(O)Cc1ccc(F)cc1Br. The average molecular weight is 289 g/mol. The third kappa shape index (κ3) is 4.62. The molecule has 0 amide bonds. The van der Waals surface area contributed by atoms with Crippen molar-refractivity contribution in [3.63, 3.8) is 0 Å². The Hall–Kier alpha value is -0.410. The molecular weight excluding hydrogens is 271 g/mol. The zero-order valence-corrected chi connectivity index (χ0v) is 11.1. The van der Waals surface area contributed by atoms with E-state index in [-0.39, 0.29) is 11.9 Å². The molecule has 0 radical (unpaired) electrons. The molecule has 1 nitrogen and oxygen atoms in total. The second kappa shape index (κ2) is 7.02. The van der Waals surface area contributed by atoms with Gasteiger partial charge in [0.05, 0.1) is 6.10 Å². The van der Waals surface area contributed by atoms with Gasteiger partial charge in [0.15, 0.2) is 0 Å². The predicted octanol–water partition coefficient (Wildman–Crippen LogP) is 4.07. The normalized spacial score (nSPS) is 12.8. The lowest BCUT2D eigenvalue weighted by Gasteiger charge is -2.11. The van der Waals surface area contributed by atoms with Gasteiger partial charge < -0.3 is 5.11 Å². The zero-order chi connectivity index (χ0) is 12.0. The second-order valence-corrected chi connectivity index (χ2v) is 4.94. The first kappa shape index (κ1) is 13.7. The number of benzene rings is 1. The maximum Gasteiger partial charge on any atom is 0.124 e. The third-order valence-corrected chi connectivity index (χ3v) is 3.35. The van der Waals surface area contributed by atoms with Crippen molar-refractivity contribution < 1.29 is 9.50 Å². The Morgan fingerprint density at radius 1 is 1.38 bits per heavy atom. The standard InChI is InChI=1S/C13H18BrFO/c1-2-3-4-5-12(16)8-10-6-7-11(15)9-13(10)14/h6-7,9,12,16H,2-5,8H2,1H3. The smallest absolute Gasteiger partial charge is 0.124 e. The highest BCUT2D eigenvalue weighted by Gasteiger charge is 2.08. The largest absolute Gasteiger partial charge is 0.393 e. The molecule has 0 bridgehead atoms. The van der Waals surface area contributed by atoms with Crippen LogP contribution in [0.5, 0.6) is 0 Å². The van der Waals surface area contributed by atoms with E-state index in [2.05, 4.69) is 22.9 Å². The van der Waals surface area contributed by atoms with Crippen LogP contribution in [0.3, 0.4) is 0 Å². The summed E-state index contributed by atoms with van der Waals surface area (Å²) in [6, 6.07) is 4.59. The maximum absolute atomic E-state index is 12.8. The van der Waals surface area contributed by atoms with Crippen LogP contribution in [0.4, 0.5) is 4.39 Å². The van der Waals surface area contributed by atoms with Crippen LogP contribution in [0.15, 0.2) is 22.7 Å². The molecular formula is C13H18BrFO. The fourth-order valence-corrected chi connectivity index (χ4v) is 2.19. The van der Waals surface area contributed by atoms with E-state index in [1.807, 2.05) is 0 Å². The summed E-state index contributed by atoms with van der Waals surface area (Å²) in [5.74, 6) is -0.254. The van der Waals surface area contributed by atoms with Gasteiger partial charge in [-0.2, -0.15) is 0 Å². The minimum Gasteiger partial charge on any atom is -0.393 e. The van der Waals surface area contributed by atoms with Gasteiger partial charge in [-0.1, -0.05) is 48.2 Å². The molecule has 0 fully saturated rings. The lowest BCUT2D eigenvalue weighted by molar-refractivity contribution is 0.161. The molecule has 1 aromatic rings. The van der Waals surface area contributed by atoms with Crippen molar-refractivity contribution in [3.8, 4) is 0 Å². The Morgan fingerprint density at radius 2 is 2.12 bits per heavy atom. The van der Waals surface area contributed by atoms with Gasteiger partial charge in [-0.05, 0) is 30.5 Å². The lowest BCUT2D eigenvalue weighted by Crippen LogP contribution is -2.10. The van der Waals surface area contributed by atoms with Crippen molar-refractivity contribution in [1.82, 2.24) is 0 Å². The Balaban J connectivity index is 2.46. The number of aliphatic hydroxyl groups excluding tert-OH is 1. The van der Waals surface area contributed by atoms with Gasteiger partial charge in [0, 0.05) is 4.47 Å². The molecule has 1 rings (SSSR count). The number of aliphatic hydroxyl groups is 1. The van der Waals surface area contributed by atoms with Gasteiger partial charge in [-0.25, -0.2) is 4.39 Å². The molecule has 0 spiro atoms. The molecule has 0 aliphatic heterocycles. The summed E-state index contributed by atoms with van der Waals surface area (Å²) < 4.78 is 13.6. The minimum absolute atomic E-state index is 0.254. The Bertz CT molecular complexity index is 328. The molecule has 16 heavy (non-hydrogen) atoms. The van der Waals surface area contributed by atoms with Crippen LogP contribution in [-0.4, -0.2) is 11.2 Å². The molecule has 0 aliphatic carbocycles. The first-order valence-corrected chi connectivity index (χ1v) is 6.54. The summed E-state index contributed by atoms with van der Waals surface area (Å²) in [7, 11) is 0. The molecule has 0 saturated carbocycles. The fourth-order valence-electron chi connectivity index (χ4n) is 1.67. The monoisotopic (exact) mass is 288 g/mol. The van der Waals surface area contributed by atoms with E-state index < -0.39 is 0 Å². The quantitative estimate of drug-likeness (QED) is 0.783. The van der Waals surface area contributed by atoms with Crippen LogP contribution >= 0.6 is 15.9 Å². The number of rotatable bonds is 6. The van der Waals surface area contributed by atoms with Crippen LogP contribution in [0.25, 0.3) is 0 Å². The molecule has 0 aromatic heterocycles. The van der Waals surface area contributed by atoms with Crippen LogP contribution in [0, 0.1) is 5.82 Å². The van der Waals surface area contributed by atoms with Gasteiger partial charge in [0.25, 0.3) is 0 Å². The molecule has 3 heteroatoms. The van der Waals surface area contributed by atoms with Gasteiger partial charge in [-0.3, -0.25) is 0 Å². The summed E-state index contributed by atoms with van der Waals surface area (Å²) in [6.07, 6.45) is 4.45. The maximum atomic E-state index is 12.8. The van der Waals surface area contributed by atoms with Crippen LogP contribution in [-0.2, 0) is 6.42 Å². The Morgan fingerprint density at radius 3 is 2.75 bits per heavy atom. The Kier molecular flexibility index (Phi) is 5.99. The first-order valence-electron chi connectivity index (χ1n) is 5.75. The number of hydrogen-bond donors (Lipinski definition) is 1. The van der Waals surface area contributed by atoms with Crippen LogP contribution in [0.1, 0.15) is 38.2 Å². The number of hydrogen-bond acceptors (Lipinski definition) is 1. The van der Waals surface area contributed by atoms with Crippen molar-refractivity contribution in [1.29, 1.82) is 0 Å². The molecule has 0 saturated heterocycles. The number of unbranched alkanes of at least 4 members (excludes halogenated alkanes) is 2. The average Bonchev–Trinajstić information content (AvgIpc) is 2.23. The topological polar surface area (TPSA) is 20.2 Å². The Labute approximate surface area is 105 Å². The zero-order valence-electron chi connectivity index (χ0n) is 9.55. The summed E-state index contributed by atoms with van der Waals surface area (Å²) in [5.41, 5.74) is 0.963. The highest BCUT2D eigenvalue weighted by molar-refractivity contribution is 9.10. The van der Waals surface area contributed by atoms with Gasteiger partial charge >= 0.3 is 0 Å². The summed E-state index contributed by atoms with van der Waals surface area (Å²) in [4.78, 5) is 0. The summed E-state index contributed by atoms with van der Waals surface area (Å²) >= 11 is 3.31. The second-order valence-electron chi connectivity index (χ2n) is 4.09. The van der Waals surface area contributed by atoms with Gasteiger partial charge in [0.2, 0.25) is 0 Å². The van der Waals surface area contributed by atoms with Crippen molar-refractivity contribution in [3.05, 3.63) is 34.1 Å². The van der Waals surface area contributed by atoms with Crippen molar-refractivity contribution in [2.24, 2.45) is 0 Å². The van der Waals surface area contributed by atoms with E-state index in [0.29, 0.717) is 6.42 Å². The van der Waals surface area contributed by atoms with Crippen molar-refractivity contribution >= 4 is 15.9 Å². The molecule has 1 unspecified atom stereocenters. The molecule has 0 aliphatic rings. The molecule has 1 atom stereocenters. The number of halogens is 2. The fraction of sp³-hybridized carbons (Fsp3) is 0.538. The predicted molar refractivity (Wildman–Crippen MR) is 68.0 cm³/mol. The first-order chi connectivity index (χ1) is 7.63. The molecule has 1 aromatic carbocycles. The molecule has 1 N–H and O–H groups in total. The summed E-state index contributed by atoms with van der Waals surface area (Å²) in [5, 5.41) is 9.81. The van der Waals surface area contributed by atoms with E-state index >= 15 is 0 Å². The lowest BCUT2D eigenvalue weighted by atomic mass is 10.0. The van der Waals surface area contributed by atoms with Gasteiger partial charge in [-0.15, -0.1) is 0 Å². The van der Waals surface area contributed by atoms with Crippen LogP contribution < -0.4 is 0 Å². The van der Waals surface area contributed by atoms with E-state index in [9.17, 15) is 9.50 Å². The molecule has 0 heterocycles. The van der Waals surface area contributed by atoms with E-state index in [0.717, 1.165) is 35.7 Å². The van der Waals surface area contributed by atoms with E-state index in [1.54, 1.807) is 6.07 Å².